The fourth-order valence-corrected chi connectivity index (χ4v) is 4.97. The first-order valence-electron chi connectivity index (χ1n) is 9.23. The van der Waals surface area contributed by atoms with Gasteiger partial charge in [-0.05, 0) is 57.3 Å². The molecule has 2 bridgehead atoms. The van der Waals surface area contributed by atoms with Crippen molar-refractivity contribution < 1.29 is 14.6 Å². The Balaban J connectivity index is 1.27. The van der Waals surface area contributed by atoms with Crippen LogP contribution in [0.15, 0.2) is 0 Å². The Labute approximate surface area is 135 Å². The zero-order valence-corrected chi connectivity index (χ0v) is 14.2. The molecule has 0 spiro atoms. The quantitative estimate of drug-likeness (QED) is 0.733. The molecule has 0 radical (unpaired) electrons. The molecular formula is C18H33NO3. The predicted octanol–water partition coefficient (Wildman–Crippen LogP) is 2.30. The number of ether oxygens (including phenoxy) is 2. The molecule has 0 aromatic carbocycles. The summed E-state index contributed by atoms with van der Waals surface area (Å²) >= 11 is 0. The molecule has 128 valence electrons. The van der Waals surface area contributed by atoms with Crippen molar-refractivity contribution in [2.45, 2.75) is 64.3 Å². The SMILES string of the molecule is C[C@H]1CN(C[C@H](O)COCC[C@@H]2C[C@@H]3CC[C@@H]2C3)C[C@H](C)O1. The van der Waals surface area contributed by atoms with Crippen LogP contribution in [0.1, 0.15) is 46.0 Å². The Morgan fingerprint density at radius 1 is 1.18 bits per heavy atom. The first kappa shape index (κ1) is 16.7. The average Bonchev–Trinajstić information content (AvgIpc) is 3.05. The Morgan fingerprint density at radius 3 is 2.59 bits per heavy atom. The first-order chi connectivity index (χ1) is 10.6. The highest BCUT2D eigenvalue weighted by molar-refractivity contribution is 4.89. The number of rotatable bonds is 7. The van der Waals surface area contributed by atoms with E-state index in [2.05, 4.69) is 18.7 Å². The molecular weight excluding hydrogens is 278 g/mol. The van der Waals surface area contributed by atoms with Crippen LogP contribution in [0, 0.1) is 17.8 Å². The minimum Gasteiger partial charge on any atom is -0.389 e. The standard InChI is InChI=1S/C18H33NO3/c1-13-9-19(10-14(2)22-13)11-18(20)12-21-6-5-17-8-15-3-4-16(17)7-15/h13-18,20H,3-12H2,1-2H3/t13-,14-,15+,16+,17+,18-/m0/s1. The van der Waals surface area contributed by atoms with Crippen molar-refractivity contribution in [2.24, 2.45) is 17.8 Å². The largest absolute Gasteiger partial charge is 0.389 e. The van der Waals surface area contributed by atoms with Crippen LogP contribution < -0.4 is 0 Å². The van der Waals surface area contributed by atoms with E-state index in [1.54, 1.807) is 0 Å². The number of morpholine rings is 1. The van der Waals surface area contributed by atoms with Gasteiger partial charge < -0.3 is 14.6 Å². The molecule has 4 heteroatoms. The van der Waals surface area contributed by atoms with Crippen LogP contribution in [0.25, 0.3) is 0 Å². The normalized spacial score (nSPS) is 40.2. The lowest BCUT2D eigenvalue weighted by Crippen LogP contribution is -2.48. The molecule has 4 nitrogen and oxygen atoms in total. The number of hydrogen-bond acceptors (Lipinski definition) is 4. The third kappa shape index (κ3) is 4.44. The first-order valence-corrected chi connectivity index (χ1v) is 9.23. The Kier molecular flexibility index (Phi) is 5.77. The van der Waals surface area contributed by atoms with Crippen molar-refractivity contribution in [3.05, 3.63) is 0 Å². The van der Waals surface area contributed by atoms with Crippen molar-refractivity contribution in [3.63, 3.8) is 0 Å². The summed E-state index contributed by atoms with van der Waals surface area (Å²) in [6, 6.07) is 0. The predicted molar refractivity (Wildman–Crippen MR) is 86.8 cm³/mol. The molecule has 0 unspecified atom stereocenters. The van der Waals surface area contributed by atoms with Crippen LogP contribution in [0.2, 0.25) is 0 Å². The molecule has 1 saturated heterocycles. The van der Waals surface area contributed by atoms with Crippen LogP contribution in [-0.2, 0) is 9.47 Å². The summed E-state index contributed by atoms with van der Waals surface area (Å²) in [7, 11) is 0. The minimum atomic E-state index is -0.377. The number of aliphatic hydroxyl groups is 1. The average molecular weight is 311 g/mol. The van der Waals surface area contributed by atoms with E-state index in [4.69, 9.17) is 9.47 Å². The highest BCUT2D eigenvalue weighted by Gasteiger charge is 2.38. The maximum Gasteiger partial charge on any atom is 0.0900 e. The van der Waals surface area contributed by atoms with Gasteiger partial charge in [0.05, 0.1) is 24.9 Å². The lowest BCUT2D eigenvalue weighted by Gasteiger charge is -2.36. The minimum absolute atomic E-state index is 0.259. The van der Waals surface area contributed by atoms with Crippen LogP contribution in [-0.4, -0.2) is 61.2 Å². The van der Waals surface area contributed by atoms with Crippen molar-refractivity contribution in [3.8, 4) is 0 Å². The smallest absolute Gasteiger partial charge is 0.0900 e. The van der Waals surface area contributed by atoms with Gasteiger partial charge in [-0.3, -0.25) is 4.90 Å². The van der Waals surface area contributed by atoms with Gasteiger partial charge in [-0.25, -0.2) is 0 Å². The number of hydrogen-bond donors (Lipinski definition) is 1. The summed E-state index contributed by atoms with van der Waals surface area (Å²) in [6.45, 7) is 8.01. The van der Waals surface area contributed by atoms with Crippen molar-refractivity contribution >= 4 is 0 Å². The van der Waals surface area contributed by atoms with Gasteiger partial charge in [-0.15, -0.1) is 0 Å². The lowest BCUT2D eigenvalue weighted by atomic mass is 9.87. The van der Waals surface area contributed by atoms with Crippen LogP contribution in [0.3, 0.4) is 0 Å². The van der Waals surface area contributed by atoms with E-state index in [0.717, 1.165) is 37.5 Å². The molecule has 3 fully saturated rings. The van der Waals surface area contributed by atoms with Crippen LogP contribution in [0.4, 0.5) is 0 Å². The van der Waals surface area contributed by atoms with E-state index < -0.39 is 0 Å². The number of β-amino-alcohol motifs (C(OH)–C–C–N with tert-alkyl or cyclic N) is 1. The highest BCUT2D eigenvalue weighted by atomic mass is 16.5. The fourth-order valence-electron chi connectivity index (χ4n) is 4.97. The molecule has 1 aliphatic heterocycles. The molecule has 6 atom stereocenters. The summed E-state index contributed by atoms with van der Waals surface area (Å²) < 4.78 is 11.5. The van der Waals surface area contributed by atoms with E-state index in [-0.39, 0.29) is 18.3 Å². The lowest BCUT2D eigenvalue weighted by molar-refractivity contribution is -0.0823. The van der Waals surface area contributed by atoms with E-state index >= 15 is 0 Å². The monoisotopic (exact) mass is 311 g/mol. The second-order valence-corrected chi connectivity index (χ2v) is 7.93. The Morgan fingerprint density at radius 2 is 1.95 bits per heavy atom. The maximum absolute atomic E-state index is 10.2. The summed E-state index contributed by atoms with van der Waals surface area (Å²) in [5.41, 5.74) is 0. The van der Waals surface area contributed by atoms with E-state index in [1.165, 1.54) is 32.1 Å². The molecule has 0 aromatic heterocycles. The van der Waals surface area contributed by atoms with Gasteiger partial charge >= 0.3 is 0 Å². The van der Waals surface area contributed by atoms with Gasteiger partial charge in [0.1, 0.15) is 0 Å². The molecule has 22 heavy (non-hydrogen) atoms. The third-order valence-electron chi connectivity index (χ3n) is 5.79. The topological polar surface area (TPSA) is 41.9 Å². The molecule has 1 heterocycles. The Bertz CT molecular complexity index is 341. The van der Waals surface area contributed by atoms with Gasteiger partial charge in [0.15, 0.2) is 0 Å². The molecule has 0 aromatic rings. The number of fused-ring (bicyclic) bond motifs is 2. The zero-order valence-electron chi connectivity index (χ0n) is 14.2. The van der Waals surface area contributed by atoms with Gasteiger partial charge in [0, 0.05) is 26.2 Å². The summed E-state index contributed by atoms with van der Waals surface area (Å²) in [5, 5.41) is 10.2. The van der Waals surface area contributed by atoms with Crippen molar-refractivity contribution in [1.29, 1.82) is 0 Å². The van der Waals surface area contributed by atoms with E-state index in [9.17, 15) is 5.11 Å². The summed E-state index contributed by atoms with van der Waals surface area (Å²) in [6.07, 6.45) is 7.16. The summed E-state index contributed by atoms with van der Waals surface area (Å²) in [5.74, 6) is 2.90. The number of aliphatic hydroxyl groups excluding tert-OH is 1. The molecule has 2 saturated carbocycles. The summed E-state index contributed by atoms with van der Waals surface area (Å²) in [4.78, 5) is 2.29. The molecule has 3 aliphatic rings. The molecule has 1 N–H and O–H groups in total. The van der Waals surface area contributed by atoms with Crippen molar-refractivity contribution in [1.82, 2.24) is 4.90 Å². The van der Waals surface area contributed by atoms with Gasteiger partial charge in [-0.1, -0.05) is 6.42 Å². The highest BCUT2D eigenvalue weighted by Crippen LogP contribution is 2.49. The maximum atomic E-state index is 10.2. The zero-order chi connectivity index (χ0) is 15.5. The fraction of sp³-hybridized carbons (Fsp3) is 1.00. The molecule has 3 rings (SSSR count). The van der Waals surface area contributed by atoms with E-state index in [1.807, 2.05) is 0 Å². The third-order valence-corrected chi connectivity index (χ3v) is 5.79. The van der Waals surface area contributed by atoms with Crippen LogP contribution in [0.5, 0.6) is 0 Å². The second-order valence-electron chi connectivity index (χ2n) is 7.93. The van der Waals surface area contributed by atoms with E-state index in [0.29, 0.717) is 13.2 Å². The molecule has 2 aliphatic carbocycles. The number of nitrogens with zero attached hydrogens (tertiary/aromatic N) is 1. The van der Waals surface area contributed by atoms with Gasteiger partial charge in [0.2, 0.25) is 0 Å². The van der Waals surface area contributed by atoms with Crippen LogP contribution >= 0.6 is 0 Å². The Hall–Kier alpha value is -0.160. The second kappa shape index (κ2) is 7.61. The van der Waals surface area contributed by atoms with Gasteiger partial charge in [-0.2, -0.15) is 0 Å². The molecule has 0 amide bonds. The van der Waals surface area contributed by atoms with Crippen molar-refractivity contribution in [2.75, 3.05) is 32.8 Å². The van der Waals surface area contributed by atoms with Gasteiger partial charge in [0.25, 0.3) is 0 Å².